The first-order valence-corrected chi connectivity index (χ1v) is 8.17. The molecule has 2 aliphatic rings. The maximum Gasteiger partial charge on any atom is 0.0178 e. The predicted octanol–water partition coefficient (Wildman–Crippen LogP) is 3.24. The third-order valence-corrected chi connectivity index (χ3v) is 5.14. The molecule has 0 radical (unpaired) electrons. The van der Waals surface area contributed by atoms with Gasteiger partial charge in [-0.05, 0) is 68.9 Å². The highest BCUT2D eigenvalue weighted by atomic mass is 79.9. The van der Waals surface area contributed by atoms with Gasteiger partial charge in [-0.3, -0.25) is 0 Å². The van der Waals surface area contributed by atoms with Crippen molar-refractivity contribution in [2.24, 2.45) is 5.92 Å². The summed E-state index contributed by atoms with van der Waals surface area (Å²) in [5, 5.41) is 3.76. The van der Waals surface area contributed by atoms with Crippen LogP contribution in [0.5, 0.6) is 0 Å². The van der Waals surface area contributed by atoms with Crippen LogP contribution in [0, 0.1) is 5.92 Å². The molecule has 3 rings (SSSR count). The Kier molecular flexibility index (Phi) is 4.25. The van der Waals surface area contributed by atoms with Crippen LogP contribution >= 0.6 is 15.9 Å². The number of hydrogen-bond donors (Lipinski definition) is 1. The lowest BCUT2D eigenvalue weighted by Gasteiger charge is -2.37. The molecule has 19 heavy (non-hydrogen) atoms. The lowest BCUT2D eigenvalue weighted by atomic mass is 9.76. The summed E-state index contributed by atoms with van der Waals surface area (Å²) >= 11 is 3.56. The highest BCUT2D eigenvalue weighted by Crippen LogP contribution is 2.37. The Morgan fingerprint density at radius 1 is 1.37 bits per heavy atom. The van der Waals surface area contributed by atoms with Crippen LogP contribution in [0.15, 0.2) is 28.7 Å². The fourth-order valence-corrected chi connectivity index (χ4v) is 3.76. The molecular formula is C16H23BrN2. The molecule has 1 N–H and O–H groups in total. The van der Waals surface area contributed by atoms with Gasteiger partial charge in [0.1, 0.15) is 0 Å². The van der Waals surface area contributed by atoms with Crippen LogP contribution in [0.2, 0.25) is 0 Å². The van der Waals surface area contributed by atoms with Crippen LogP contribution in [-0.4, -0.2) is 37.6 Å². The molecule has 3 heteroatoms. The zero-order chi connectivity index (χ0) is 13.2. The largest absolute Gasteiger partial charge is 0.314 e. The molecule has 1 heterocycles. The standard InChI is InChI=1S/C16H23BrN2/c1-19-6-5-12(11-19)10-18-16-8-14(9-16)13-3-2-4-15(17)7-13/h2-4,7,12,14,16,18H,5-6,8-11H2,1H3. The number of nitrogens with one attached hydrogen (secondary N) is 1. The van der Waals surface area contributed by atoms with Gasteiger partial charge in [0.25, 0.3) is 0 Å². The number of benzene rings is 1. The minimum atomic E-state index is 0.745. The SMILES string of the molecule is CN1CCC(CNC2CC(c3cccc(Br)c3)C2)C1. The van der Waals surface area contributed by atoms with E-state index in [0.29, 0.717) is 0 Å². The van der Waals surface area contributed by atoms with Gasteiger partial charge in [-0.25, -0.2) is 0 Å². The van der Waals surface area contributed by atoms with Crippen molar-refractivity contribution in [3.63, 3.8) is 0 Å². The minimum Gasteiger partial charge on any atom is -0.314 e. The van der Waals surface area contributed by atoms with Crippen LogP contribution in [0.4, 0.5) is 0 Å². The third kappa shape index (κ3) is 3.39. The van der Waals surface area contributed by atoms with E-state index in [1.807, 2.05) is 0 Å². The van der Waals surface area contributed by atoms with Gasteiger partial charge in [0, 0.05) is 17.1 Å². The van der Waals surface area contributed by atoms with E-state index in [9.17, 15) is 0 Å². The molecule has 104 valence electrons. The second kappa shape index (κ2) is 5.94. The molecule has 1 saturated carbocycles. The van der Waals surface area contributed by atoms with Gasteiger partial charge in [0.05, 0.1) is 0 Å². The molecule has 1 aliphatic carbocycles. The van der Waals surface area contributed by atoms with E-state index in [1.54, 1.807) is 0 Å². The summed E-state index contributed by atoms with van der Waals surface area (Å²) in [5.74, 6) is 1.64. The van der Waals surface area contributed by atoms with Crippen molar-refractivity contribution in [2.45, 2.75) is 31.2 Å². The minimum absolute atomic E-state index is 0.745. The second-order valence-corrected chi connectivity index (χ2v) is 7.16. The second-order valence-electron chi connectivity index (χ2n) is 6.25. The molecule has 1 saturated heterocycles. The maximum atomic E-state index is 3.76. The van der Waals surface area contributed by atoms with Gasteiger partial charge in [-0.15, -0.1) is 0 Å². The normalized spacial score (nSPS) is 31.4. The Hall–Kier alpha value is -0.380. The van der Waals surface area contributed by atoms with Crippen LogP contribution in [0.25, 0.3) is 0 Å². The molecule has 1 aromatic rings. The Balaban J connectivity index is 1.41. The van der Waals surface area contributed by atoms with Crippen molar-refractivity contribution in [2.75, 3.05) is 26.7 Å². The number of hydrogen-bond acceptors (Lipinski definition) is 2. The molecule has 0 amide bonds. The predicted molar refractivity (Wildman–Crippen MR) is 83.5 cm³/mol. The smallest absolute Gasteiger partial charge is 0.0178 e. The van der Waals surface area contributed by atoms with Crippen LogP contribution < -0.4 is 5.32 Å². The van der Waals surface area contributed by atoms with Gasteiger partial charge in [-0.1, -0.05) is 28.1 Å². The zero-order valence-electron chi connectivity index (χ0n) is 11.6. The number of rotatable bonds is 4. The summed E-state index contributed by atoms with van der Waals surface area (Å²) in [6, 6.07) is 9.53. The molecule has 2 fully saturated rings. The van der Waals surface area contributed by atoms with Gasteiger partial charge in [-0.2, -0.15) is 0 Å². The molecule has 2 nitrogen and oxygen atoms in total. The average Bonchev–Trinajstić information content (AvgIpc) is 2.73. The Labute approximate surface area is 124 Å². The molecule has 1 atom stereocenters. The van der Waals surface area contributed by atoms with E-state index in [0.717, 1.165) is 17.9 Å². The summed E-state index contributed by atoms with van der Waals surface area (Å²) in [6.07, 6.45) is 3.98. The van der Waals surface area contributed by atoms with Crippen molar-refractivity contribution in [3.8, 4) is 0 Å². The van der Waals surface area contributed by atoms with E-state index in [2.05, 4.69) is 57.5 Å². The quantitative estimate of drug-likeness (QED) is 0.915. The van der Waals surface area contributed by atoms with Crippen molar-refractivity contribution >= 4 is 15.9 Å². The van der Waals surface area contributed by atoms with Crippen molar-refractivity contribution in [1.29, 1.82) is 0 Å². The fourth-order valence-electron chi connectivity index (χ4n) is 3.34. The first-order chi connectivity index (χ1) is 9.20. The Morgan fingerprint density at radius 3 is 2.89 bits per heavy atom. The van der Waals surface area contributed by atoms with E-state index in [1.165, 1.54) is 48.9 Å². The van der Waals surface area contributed by atoms with Crippen molar-refractivity contribution in [1.82, 2.24) is 10.2 Å². The van der Waals surface area contributed by atoms with Gasteiger partial charge in [0.2, 0.25) is 0 Å². The van der Waals surface area contributed by atoms with Crippen LogP contribution in [0.1, 0.15) is 30.7 Å². The summed E-state index contributed by atoms with van der Waals surface area (Å²) in [4.78, 5) is 2.44. The molecular weight excluding hydrogens is 300 g/mol. The number of nitrogens with zero attached hydrogens (tertiary/aromatic N) is 1. The topological polar surface area (TPSA) is 15.3 Å². The lowest BCUT2D eigenvalue weighted by Crippen LogP contribution is -2.42. The van der Waals surface area contributed by atoms with Crippen LogP contribution in [0.3, 0.4) is 0 Å². The maximum absolute atomic E-state index is 3.76. The highest BCUT2D eigenvalue weighted by Gasteiger charge is 2.31. The first-order valence-electron chi connectivity index (χ1n) is 7.38. The van der Waals surface area contributed by atoms with Crippen LogP contribution in [-0.2, 0) is 0 Å². The number of halogens is 1. The Bertz CT molecular complexity index is 429. The first kappa shape index (κ1) is 13.6. The van der Waals surface area contributed by atoms with Crippen molar-refractivity contribution in [3.05, 3.63) is 34.3 Å². The summed E-state index contributed by atoms with van der Waals surface area (Å²) in [5.41, 5.74) is 1.49. The lowest BCUT2D eigenvalue weighted by molar-refractivity contribution is 0.274. The average molecular weight is 323 g/mol. The van der Waals surface area contributed by atoms with Gasteiger partial charge in [0.15, 0.2) is 0 Å². The molecule has 0 bridgehead atoms. The monoisotopic (exact) mass is 322 g/mol. The molecule has 1 aromatic carbocycles. The zero-order valence-corrected chi connectivity index (χ0v) is 13.2. The number of likely N-dealkylation sites (tertiary alicyclic amines) is 1. The summed E-state index contributed by atoms with van der Waals surface area (Å²) in [6.45, 7) is 3.76. The van der Waals surface area contributed by atoms with E-state index < -0.39 is 0 Å². The summed E-state index contributed by atoms with van der Waals surface area (Å²) in [7, 11) is 2.23. The molecule has 1 aliphatic heterocycles. The molecule has 1 unspecified atom stereocenters. The fraction of sp³-hybridized carbons (Fsp3) is 0.625. The summed E-state index contributed by atoms with van der Waals surface area (Å²) < 4.78 is 1.20. The molecule has 0 aromatic heterocycles. The molecule has 0 spiro atoms. The van der Waals surface area contributed by atoms with Gasteiger partial charge >= 0.3 is 0 Å². The Morgan fingerprint density at radius 2 is 2.21 bits per heavy atom. The van der Waals surface area contributed by atoms with E-state index in [-0.39, 0.29) is 0 Å². The van der Waals surface area contributed by atoms with E-state index in [4.69, 9.17) is 0 Å². The van der Waals surface area contributed by atoms with E-state index >= 15 is 0 Å². The highest BCUT2D eigenvalue weighted by molar-refractivity contribution is 9.10. The van der Waals surface area contributed by atoms with Crippen molar-refractivity contribution < 1.29 is 0 Å². The van der Waals surface area contributed by atoms with Gasteiger partial charge < -0.3 is 10.2 Å². The third-order valence-electron chi connectivity index (χ3n) is 4.64.